The zero-order valence-electron chi connectivity index (χ0n) is 10.0. The molecule has 7 heteroatoms. The Labute approximate surface area is 99.8 Å². The van der Waals surface area contributed by atoms with Crippen LogP contribution in [0.1, 0.15) is 0 Å². The van der Waals surface area contributed by atoms with Gasteiger partial charge in [-0.3, -0.25) is 9.48 Å². The third-order valence-corrected chi connectivity index (χ3v) is 2.22. The Morgan fingerprint density at radius 1 is 1.76 bits per heavy atom. The number of aliphatic hydroxyl groups excluding tert-OH is 1. The average molecular weight is 242 g/mol. The number of aliphatic hydroxyl groups is 1. The molecule has 3 N–H and O–H groups in total. The van der Waals surface area contributed by atoms with Crippen LogP contribution in [-0.4, -0.2) is 59.1 Å². The van der Waals surface area contributed by atoms with E-state index in [1.165, 1.54) is 22.9 Å². The standard InChI is InChI=1S/C10H18N4O3/c1-13(5-9(15)7-17-2)10(16)6-14-4-8(11)3-12-14/h3-4,9,15H,5-7,11H2,1-2H3. The number of ether oxygens (including phenoxy) is 1. The zero-order valence-corrected chi connectivity index (χ0v) is 10.0. The van der Waals surface area contributed by atoms with Gasteiger partial charge in [-0.25, -0.2) is 0 Å². The number of aromatic nitrogens is 2. The minimum Gasteiger partial charge on any atom is -0.396 e. The molecule has 1 atom stereocenters. The van der Waals surface area contributed by atoms with E-state index in [0.29, 0.717) is 5.69 Å². The number of hydrogen-bond donors (Lipinski definition) is 2. The lowest BCUT2D eigenvalue weighted by Gasteiger charge is -2.20. The summed E-state index contributed by atoms with van der Waals surface area (Å²) >= 11 is 0. The molecule has 0 aliphatic carbocycles. The van der Waals surface area contributed by atoms with Gasteiger partial charge >= 0.3 is 0 Å². The van der Waals surface area contributed by atoms with Gasteiger partial charge in [-0.15, -0.1) is 0 Å². The molecule has 7 nitrogen and oxygen atoms in total. The molecule has 0 bridgehead atoms. The third-order valence-electron chi connectivity index (χ3n) is 2.22. The fraction of sp³-hybridized carbons (Fsp3) is 0.600. The second-order valence-corrected chi connectivity index (χ2v) is 3.85. The van der Waals surface area contributed by atoms with Gasteiger partial charge in [-0.1, -0.05) is 0 Å². The maximum Gasteiger partial charge on any atom is 0.244 e. The largest absolute Gasteiger partial charge is 0.396 e. The first kappa shape index (κ1) is 13.5. The molecule has 1 rings (SSSR count). The number of anilines is 1. The van der Waals surface area contributed by atoms with Crippen LogP contribution in [-0.2, 0) is 16.1 Å². The van der Waals surface area contributed by atoms with Gasteiger partial charge in [0.25, 0.3) is 0 Å². The minimum absolute atomic E-state index is 0.105. The molecule has 0 radical (unpaired) electrons. The average Bonchev–Trinajstić information content (AvgIpc) is 2.64. The SMILES string of the molecule is COCC(O)CN(C)C(=O)Cn1cc(N)cn1. The van der Waals surface area contributed by atoms with Gasteiger partial charge in [-0.2, -0.15) is 5.10 Å². The Morgan fingerprint density at radius 3 is 3.00 bits per heavy atom. The lowest BCUT2D eigenvalue weighted by Crippen LogP contribution is -2.38. The molecule has 0 aromatic carbocycles. The topological polar surface area (TPSA) is 93.6 Å². The smallest absolute Gasteiger partial charge is 0.244 e. The van der Waals surface area contributed by atoms with Crippen molar-refractivity contribution in [2.45, 2.75) is 12.6 Å². The van der Waals surface area contributed by atoms with E-state index in [1.54, 1.807) is 13.2 Å². The number of likely N-dealkylation sites (N-methyl/N-ethyl adjacent to an activating group) is 1. The van der Waals surface area contributed by atoms with Crippen molar-refractivity contribution >= 4 is 11.6 Å². The van der Waals surface area contributed by atoms with Gasteiger partial charge in [0.2, 0.25) is 5.91 Å². The Kier molecular flexibility index (Phi) is 4.92. The fourth-order valence-electron chi connectivity index (χ4n) is 1.39. The van der Waals surface area contributed by atoms with Crippen molar-refractivity contribution < 1.29 is 14.6 Å². The van der Waals surface area contributed by atoms with Crippen LogP contribution in [0.5, 0.6) is 0 Å². The molecule has 0 aliphatic rings. The van der Waals surface area contributed by atoms with Crippen molar-refractivity contribution in [3.8, 4) is 0 Å². The molecule has 1 heterocycles. The highest BCUT2D eigenvalue weighted by Crippen LogP contribution is 1.99. The highest BCUT2D eigenvalue weighted by molar-refractivity contribution is 5.75. The lowest BCUT2D eigenvalue weighted by atomic mass is 10.3. The van der Waals surface area contributed by atoms with Gasteiger partial charge < -0.3 is 20.5 Å². The van der Waals surface area contributed by atoms with E-state index >= 15 is 0 Å². The lowest BCUT2D eigenvalue weighted by molar-refractivity contribution is -0.132. The second-order valence-electron chi connectivity index (χ2n) is 3.85. The van der Waals surface area contributed by atoms with Gasteiger partial charge in [0, 0.05) is 26.9 Å². The van der Waals surface area contributed by atoms with E-state index in [9.17, 15) is 9.90 Å². The Hall–Kier alpha value is -1.60. The zero-order chi connectivity index (χ0) is 12.8. The molecule has 0 saturated carbocycles. The summed E-state index contributed by atoms with van der Waals surface area (Å²) in [6.45, 7) is 0.531. The van der Waals surface area contributed by atoms with Crippen molar-refractivity contribution in [1.29, 1.82) is 0 Å². The molecule has 0 saturated heterocycles. The molecule has 1 aromatic rings. The van der Waals surface area contributed by atoms with Crippen LogP contribution in [0, 0.1) is 0 Å². The summed E-state index contributed by atoms with van der Waals surface area (Å²) in [5, 5.41) is 13.4. The van der Waals surface area contributed by atoms with Crippen molar-refractivity contribution in [1.82, 2.24) is 14.7 Å². The van der Waals surface area contributed by atoms with E-state index in [2.05, 4.69) is 5.10 Å². The van der Waals surface area contributed by atoms with Crippen molar-refractivity contribution in [3.63, 3.8) is 0 Å². The summed E-state index contributed by atoms with van der Waals surface area (Å²) in [6, 6.07) is 0. The molecule has 0 fully saturated rings. The van der Waals surface area contributed by atoms with Crippen LogP contribution in [0.3, 0.4) is 0 Å². The van der Waals surface area contributed by atoms with Crippen LogP contribution in [0.25, 0.3) is 0 Å². The summed E-state index contributed by atoms with van der Waals surface area (Å²) in [6.07, 6.45) is 2.38. The molecule has 96 valence electrons. The molecule has 1 aromatic heterocycles. The van der Waals surface area contributed by atoms with Gasteiger partial charge in [0.1, 0.15) is 6.54 Å². The number of methoxy groups -OCH3 is 1. The number of rotatable bonds is 6. The Morgan fingerprint density at radius 2 is 2.47 bits per heavy atom. The Balaban J connectivity index is 2.41. The number of nitrogens with zero attached hydrogens (tertiary/aromatic N) is 3. The quantitative estimate of drug-likeness (QED) is 0.662. The van der Waals surface area contributed by atoms with Crippen LogP contribution in [0.4, 0.5) is 5.69 Å². The number of carbonyl (C=O) groups is 1. The van der Waals surface area contributed by atoms with Crippen LogP contribution < -0.4 is 5.73 Å². The molecule has 17 heavy (non-hydrogen) atoms. The van der Waals surface area contributed by atoms with Gasteiger partial charge in [0.15, 0.2) is 0 Å². The predicted octanol–water partition coefficient (Wildman–Crippen LogP) is -1.07. The Bertz CT molecular complexity index is 366. The first-order valence-electron chi connectivity index (χ1n) is 5.21. The summed E-state index contributed by atoms with van der Waals surface area (Å²) in [4.78, 5) is 13.2. The third kappa shape index (κ3) is 4.41. The molecule has 0 spiro atoms. The van der Waals surface area contributed by atoms with Gasteiger partial charge in [-0.05, 0) is 0 Å². The number of hydrogen-bond acceptors (Lipinski definition) is 5. The summed E-state index contributed by atoms with van der Waals surface area (Å²) in [5.41, 5.74) is 6.00. The van der Waals surface area contributed by atoms with Gasteiger partial charge in [0.05, 0.1) is 24.6 Å². The summed E-state index contributed by atoms with van der Waals surface area (Å²) < 4.78 is 6.24. The normalized spacial score (nSPS) is 12.4. The van der Waals surface area contributed by atoms with Crippen molar-refractivity contribution in [2.75, 3.05) is 33.0 Å². The first-order chi connectivity index (χ1) is 8.02. The molecule has 0 aliphatic heterocycles. The number of nitrogens with two attached hydrogens (primary N) is 1. The number of carbonyl (C=O) groups excluding carboxylic acids is 1. The number of amides is 1. The van der Waals surface area contributed by atoms with Crippen LogP contribution in [0.2, 0.25) is 0 Å². The van der Waals surface area contributed by atoms with E-state index in [4.69, 9.17) is 10.5 Å². The van der Waals surface area contributed by atoms with Crippen molar-refractivity contribution in [3.05, 3.63) is 12.4 Å². The molecular formula is C10H18N4O3. The summed E-state index contributed by atoms with van der Waals surface area (Å²) in [5.74, 6) is -0.150. The fourth-order valence-corrected chi connectivity index (χ4v) is 1.39. The summed E-state index contributed by atoms with van der Waals surface area (Å²) in [7, 11) is 3.12. The van der Waals surface area contributed by atoms with Crippen molar-refractivity contribution in [2.24, 2.45) is 0 Å². The monoisotopic (exact) mass is 242 g/mol. The van der Waals surface area contributed by atoms with E-state index < -0.39 is 6.10 Å². The predicted molar refractivity (Wildman–Crippen MR) is 62.2 cm³/mol. The van der Waals surface area contributed by atoms with E-state index in [1.807, 2.05) is 0 Å². The maximum atomic E-state index is 11.7. The minimum atomic E-state index is -0.684. The van der Waals surface area contributed by atoms with Crippen LogP contribution >= 0.6 is 0 Å². The number of nitrogen functional groups attached to an aromatic ring is 1. The van der Waals surface area contributed by atoms with E-state index in [0.717, 1.165) is 0 Å². The van der Waals surface area contributed by atoms with Crippen LogP contribution in [0.15, 0.2) is 12.4 Å². The maximum absolute atomic E-state index is 11.7. The molecular weight excluding hydrogens is 224 g/mol. The van der Waals surface area contributed by atoms with E-state index in [-0.39, 0.29) is 25.6 Å². The highest BCUT2D eigenvalue weighted by Gasteiger charge is 2.14. The first-order valence-corrected chi connectivity index (χ1v) is 5.21. The molecule has 1 amide bonds. The molecule has 1 unspecified atom stereocenters. The highest BCUT2D eigenvalue weighted by atomic mass is 16.5. The second kappa shape index (κ2) is 6.21.